The Balaban J connectivity index is 2.10. The summed E-state index contributed by atoms with van der Waals surface area (Å²) in [6.45, 7) is 0.741. The lowest BCUT2D eigenvalue weighted by atomic mass is 10.2. The predicted octanol–water partition coefficient (Wildman–Crippen LogP) is 2.15. The molecule has 0 amide bonds. The van der Waals surface area contributed by atoms with Crippen molar-refractivity contribution in [3.63, 3.8) is 0 Å². The number of aromatic nitrogens is 3. The van der Waals surface area contributed by atoms with Gasteiger partial charge in [0.05, 0.1) is 17.6 Å². The van der Waals surface area contributed by atoms with Crippen molar-refractivity contribution in [1.82, 2.24) is 15.0 Å². The molecular formula is C12H15IN4. The molecule has 0 aliphatic heterocycles. The van der Waals surface area contributed by atoms with Crippen LogP contribution in [0.5, 0.6) is 0 Å². The van der Waals surface area contributed by atoms with E-state index >= 15 is 0 Å². The summed E-state index contributed by atoms with van der Waals surface area (Å²) in [5, 5.41) is 8.33. The van der Waals surface area contributed by atoms with Gasteiger partial charge in [0.25, 0.3) is 0 Å². The summed E-state index contributed by atoms with van der Waals surface area (Å²) in [6.07, 6.45) is 5.05. The normalized spacial score (nSPS) is 10.7. The van der Waals surface area contributed by atoms with E-state index in [9.17, 15) is 0 Å². The largest absolute Gasteiger partial charge is 0.330 e. The molecule has 0 atom stereocenters. The molecule has 2 aromatic rings. The SMILES string of the molecule is NCCCCc1cn(-c2ccccc2I)nn1. The number of hydrogen-bond donors (Lipinski definition) is 1. The standard InChI is InChI=1S/C12H15IN4/c13-11-6-1-2-7-12(11)17-9-10(15-16-17)5-3-4-8-14/h1-2,6-7,9H,3-5,8,14H2. The molecule has 1 heterocycles. The van der Waals surface area contributed by atoms with Crippen LogP contribution in [-0.4, -0.2) is 21.5 Å². The number of rotatable bonds is 5. The van der Waals surface area contributed by atoms with Gasteiger partial charge in [0.2, 0.25) is 0 Å². The molecule has 0 aliphatic rings. The summed E-state index contributed by atoms with van der Waals surface area (Å²) in [7, 11) is 0. The molecule has 0 saturated carbocycles. The molecule has 90 valence electrons. The second kappa shape index (κ2) is 6.11. The van der Waals surface area contributed by atoms with Crippen LogP contribution in [0.2, 0.25) is 0 Å². The van der Waals surface area contributed by atoms with Crippen molar-refractivity contribution in [3.05, 3.63) is 39.7 Å². The molecule has 0 radical (unpaired) electrons. The van der Waals surface area contributed by atoms with Gasteiger partial charge in [-0.1, -0.05) is 17.3 Å². The quantitative estimate of drug-likeness (QED) is 0.669. The van der Waals surface area contributed by atoms with Gasteiger partial charge in [-0.15, -0.1) is 5.10 Å². The smallest absolute Gasteiger partial charge is 0.0831 e. The number of nitrogens with zero attached hydrogens (tertiary/aromatic N) is 3. The highest BCUT2D eigenvalue weighted by atomic mass is 127. The predicted molar refractivity (Wildman–Crippen MR) is 76.1 cm³/mol. The third kappa shape index (κ3) is 3.26. The zero-order valence-electron chi connectivity index (χ0n) is 9.51. The molecule has 2 N–H and O–H groups in total. The van der Waals surface area contributed by atoms with Gasteiger partial charge in [-0.25, -0.2) is 4.68 Å². The van der Waals surface area contributed by atoms with Crippen LogP contribution >= 0.6 is 22.6 Å². The van der Waals surface area contributed by atoms with Crippen LogP contribution in [0.3, 0.4) is 0 Å². The second-order valence-corrected chi connectivity index (χ2v) is 5.01. The fraction of sp³-hybridized carbons (Fsp3) is 0.333. The molecule has 4 nitrogen and oxygen atoms in total. The highest BCUT2D eigenvalue weighted by molar-refractivity contribution is 14.1. The number of benzene rings is 1. The molecule has 1 aromatic heterocycles. The first kappa shape index (κ1) is 12.5. The fourth-order valence-electron chi connectivity index (χ4n) is 1.62. The summed E-state index contributed by atoms with van der Waals surface area (Å²) in [4.78, 5) is 0. The first-order valence-corrected chi connectivity index (χ1v) is 6.75. The van der Waals surface area contributed by atoms with E-state index in [2.05, 4.69) is 39.0 Å². The molecule has 1 aromatic carbocycles. The van der Waals surface area contributed by atoms with Crippen molar-refractivity contribution < 1.29 is 0 Å². The van der Waals surface area contributed by atoms with Gasteiger partial charge >= 0.3 is 0 Å². The average Bonchev–Trinajstić information content (AvgIpc) is 2.79. The number of halogens is 1. The van der Waals surface area contributed by atoms with Crippen LogP contribution in [-0.2, 0) is 6.42 Å². The molecular weight excluding hydrogens is 327 g/mol. The first-order valence-electron chi connectivity index (χ1n) is 5.67. The Kier molecular flexibility index (Phi) is 4.49. The van der Waals surface area contributed by atoms with Crippen molar-refractivity contribution in [2.45, 2.75) is 19.3 Å². The van der Waals surface area contributed by atoms with Crippen molar-refractivity contribution in [2.24, 2.45) is 5.73 Å². The molecule has 17 heavy (non-hydrogen) atoms. The van der Waals surface area contributed by atoms with E-state index in [1.807, 2.05) is 29.1 Å². The highest BCUT2D eigenvalue weighted by Crippen LogP contribution is 2.15. The van der Waals surface area contributed by atoms with E-state index in [1.165, 1.54) is 3.57 Å². The van der Waals surface area contributed by atoms with Crippen molar-refractivity contribution in [2.75, 3.05) is 6.54 Å². The molecule has 0 bridgehead atoms. The lowest BCUT2D eigenvalue weighted by Gasteiger charge is -2.01. The Morgan fingerprint density at radius 3 is 2.82 bits per heavy atom. The van der Waals surface area contributed by atoms with Crippen LogP contribution in [0.4, 0.5) is 0 Å². The molecule has 5 heteroatoms. The van der Waals surface area contributed by atoms with Gasteiger partial charge in [-0.3, -0.25) is 0 Å². The average molecular weight is 342 g/mol. The summed E-state index contributed by atoms with van der Waals surface area (Å²) in [5.41, 5.74) is 7.57. The Morgan fingerprint density at radius 1 is 1.24 bits per heavy atom. The van der Waals surface area contributed by atoms with E-state index in [0.717, 1.165) is 37.2 Å². The summed E-state index contributed by atoms with van der Waals surface area (Å²) >= 11 is 2.30. The molecule has 2 rings (SSSR count). The Morgan fingerprint density at radius 2 is 2.06 bits per heavy atom. The fourth-order valence-corrected chi connectivity index (χ4v) is 2.25. The summed E-state index contributed by atoms with van der Waals surface area (Å²) < 4.78 is 3.00. The minimum absolute atomic E-state index is 0.741. The zero-order valence-corrected chi connectivity index (χ0v) is 11.7. The third-order valence-corrected chi connectivity index (χ3v) is 3.44. The Bertz CT molecular complexity index is 481. The van der Waals surface area contributed by atoms with Crippen molar-refractivity contribution >= 4 is 22.6 Å². The monoisotopic (exact) mass is 342 g/mol. The van der Waals surface area contributed by atoms with E-state index in [0.29, 0.717) is 0 Å². The van der Waals surface area contributed by atoms with Crippen LogP contribution in [0.1, 0.15) is 18.5 Å². The number of unbranched alkanes of at least 4 members (excludes halogenated alkanes) is 1. The maximum Gasteiger partial charge on any atom is 0.0831 e. The second-order valence-electron chi connectivity index (χ2n) is 3.85. The summed E-state index contributed by atoms with van der Waals surface area (Å²) in [5.74, 6) is 0. The van der Waals surface area contributed by atoms with Gasteiger partial charge in [0.1, 0.15) is 0 Å². The highest BCUT2D eigenvalue weighted by Gasteiger charge is 2.05. The van der Waals surface area contributed by atoms with Gasteiger partial charge in [-0.05, 0) is 60.5 Å². The first-order chi connectivity index (χ1) is 8.31. The lowest BCUT2D eigenvalue weighted by molar-refractivity contribution is 0.727. The van der Waals surface area contributed by atoms with Gasteiger partial charge in [-0.2, -0.15) is 0 Å². The molecule has 0 spiro atoms. The van der Waals surface area contributed by atoms with Crippen molar-refractivity contribution in [3.8, 4) is 5.69 Å². The lowest BCUT2D eigenvalue weighted by Crippen LogP contribution is -1.99. The van der Waals surface area contributed by atoms with Crippen LogP contribution < -0.4 is 5.73 Å². The number of aryl methyl sites for hydroxylation is 1. The van der Waals surface area contributed by atoms with E-state index < -0.39 is 0 Å². The summed E-state index contributed by atoms with van der Waals surface area (Å²) in [6, 6.07) is 8.13. The van der Waals surface area contributed by atoms with Crippen LogP contribution in [0.15, 0.2) is 30.5 Å². The Labute approximate surface area is 114 Å². The molecule has 0 unspecified atom stereocenters. The minimum Gasteiger partial charge on any atom is -0.330 e. The molecule has 0 saturated heterocycles. The van der Waals surface area contributed by atoms with E-state index in [-0.39, 0.29) is 0 Å². The van der Waals surface area contributed by atoms with Crippen LogP contribution in [0.25, 0.3) is 5.69 Å². The number of para-hydroxylation sites is 1. The third-order valence-electron chi connectivity index (χ3n) is 2.53. The van der Waals surface area contributed by atoms with Crippen molar-refractivity contribution in [1.29, 1.82) is 0 Å². The molecule has 0 aliphatic carbocycles. The van der Waals surface area contributed by atoms with Crippen LogP contribution in [0, 0.1) is 3.57 Å². The zero-order chi connectivity index (χ0) is 12.1. The van der Waals surface area contributed by atoms with E-state index in [4.69, 9.17) is 5.73 Å². The van der Waals surface area contributed by atoms with Gasteiger partial charge in [0, 0.05) is 3.57 Å². The maximum absolute atomic E-state index is 5.47. The topological polar surface area (TPSA) is 56.7 Å². The minimum atomic E-state index is 0.741. The number of hydrogen-bond acceptors (Lipinski definition) is 3. The van der Waals surface area contributed by atoms with Gasteiger partial charge < -0.3 is 5.73 Å². The molecule has 0 fully saturated rings. The number of nitrogens with two attached hydrogens (primary N) is 1. The maximum atomic E-state index is 5.47. The van der Waals surface area contributed by atoms with E-state index in [1.54, 1.807) is 0 Å². The Hall–Kier alpha value is -0.950. The van der Waals surface area contributed by atoms with Gasteiger partial charge in [0.15, 0.2) is 0 Å².